The molecule has 0 saturated carbocycles. The van der Waals surface area contributed by atoms with E-state index >= 15 is 0 Å². The number of nitrogens with zero attached hydrogens (tertiary/aromatic N) is 1. The van der Waals surface area contributed by atoms with Gasteiger partial charge in [0, 0.05) is 20.0 Å². The molecule has 1 N–H and O–H groups in total. The predicted molar refractivity (Wildman–Crippen MR) is 103 cm³/mol. The third-order valence-corrected chi connectivity index (χ3v) is 4.10. The van der Waals surface area contributed by atoms with Crippen molar-refractivity contribution in [2.75, 3.05) is 27.3 Å². The molecule has 2 aromatic rings. The quantitative estimate of drug-likeness (QED) is 0.544. The molecule has 0 bridgehead atoms. The summed E-state index contributed by atoms with van der Waals surface area (Å²) in [7, 11) is 2.98. The topological polar surface area (TPSA) is 67.9 Å². The maximum absolute atomic E-state index is 12.4. The number of ether oxygens (including phenoxy) is 2. The number of methoxy groups -OCH3 is 1. The molecular weight excluding hydrogens is 344 g/mol. The van der Waals surface area contributed by atoms with Crippen LogP contribution in [0.25, 0.3) is 0 Å². The summed E-state index contributed by atoms with van der Waals surface area (Å²) in [6.45, 7) is 1.31. The minimum absolute atomic E-state index is 0.343. The molecule has 144 valence electrons. The van der Waals surface area contributed by atoms with E-state index in [-0.39, 0.29) is 6.03 Å². The molecule has 0 unspecified atom stereocenters. The Morgan fingerprint density at radius 2 is 1.59 bits per heavy atom. The maximum atomic E-state index is 12.4. The summed E-state index contributed by atoms with van der Waals surface area (Å²) in [5.74, 6) is -0.471. The number of hydrogen-bond acceptors (Lipinski definition) is 4. The third kappa shape index (κ3) is 7.11. The summed E-state index contributed by atoms with van der Waals surface area (Å²) in [6, 6.07) is 18.3. The third-order valence-electron chi connectivity index (χ3n) is 4.10. The van der Waals surface area contributed by atoms with Crippen LogP contribution in [0.2, 0.25) is 0 Å². The minimum Gasteiger partial charge on any atom is -0.467 e. The highest BCUT2D eigenvalue weighted by Gasteiger charge is 2.23. The van der Waals surface area contributed by atoms with E-state index in [0.29, 0.717) is 26.2 Å². The average Bonchev–Trinajstić information content (AvgIpc) is 2.71. The lowest BCUT2D eigenvalue weighted by Gasteiger charge is -2.22. The van der Waals surface area contributed by atoms with Crippen LogP contribution in [0.5, 0.6) is 0 Å². The minimum atomic E-state index is -0.738. The van der Waals surface area contributed by atoms with E-state index in [0.717, 1.165) is 11.1 Å². The van der Waals surface area contributed by atoms with Gasteiger partial charge in [-0.2, -0.15) is 0 Å². The molecule has 0 spiro atoms. The highest BCUT2D eigenvalue weighted by atomic mass is 16.5. The molecule has 0 aliphatic carbocycles. The van der Waals surface area contributed by atoms with Crippen molar-refractivity contribution < 1.29 is 19.1 Å². The Balaban J connectivity index is 1.79. The average molecular weight is 370 g/mol. The molecule has 6 heteroatoms. The van der Waals surface area contributed by atoms with Gasteiger partial charge in [-0.05, 0) is 11.1 Å². The first-order valence-electron chi connectivity index (χ1n) is 8.85. The zero-order valence-corrected chi connectivity index (χ0v) is 15.8. The fourth-order valence-corrected chi connectivity index (χ4v) is 2.51. The van der Waals surface area contributed by atoms with Gasteiger partial charge in [-0.15, -0.1) is 0 Å². The highest BCUT2D eigenvalue weighted by molar-refractivity contribution is 5.83. The smallest absolute Gasteiger partial charge is 0.328 e. The van der Waals surface area contributed by atoms with Crippen LogP contribution >= 0.6 is 0 Å². The number of nitrogens with one attached hydrogen (secondary N) is 1. The summed E-state index contributed by atoms with van der Waals surface area (Å²) in [5, 5.41) is 2.73. The van der Waals surface area contributed by atoms with E-state index in [4.69, 9.17) is 9.47 Å². The zero-order chi connectivity index (χ0) is 19.5. The Kier molecular flexibility index (Phi) is 8.32. The Hall–Kier alpha value is -2.86. The molecule has 6 nitrogen and oxygen atoms in total. The van der Waals surface area contributed by atoms with Gasteiger partial charge in [-0.25, -0.2) is 9.59 Å². The number of likely N-dealkylation sites (N-methyl/N-ethyl adjacent to an activating group) is 1. The van der Waals surface area contributed by atoms with Gasteiger partial charge in [0.15, 0.2) is 0 Å². The Labute approximate surface area is 160 Å². The van der Waals surface area contributed by atoms with Gasteiger partial charge in [0.05, 0.1) is 20.3 Å². The molecule has 0 aliphatic heterocycles. The Bertz CT molecular complexity index is 707. The number of rotatable bonds is 9. The molecule has 1 atom stereocenters. The van der Waals surface area contributed by atoms with E-state index in [2.05, 4.69) is 5.32 Å². The van der Waals surface area contributed by atoms with Crippen molar-refractivity contribution in [2.24, 2.45) is 0 Å². The fourth-order valence-electron chi connectivity index (χ4n) is 2.51. The molecule has 0 radical (unpaired) electrons. The van der Waals surface area contributed by atoms with Crippen LogP contribution in [0.1, 0.15) is 11.1 Å². The number of carbonyl (C=O) groups is 2. The summed E-state index contributed by atoms with van der Waals surface area (Å²) >= 11 is 0. The van der Waals surface area contributed by atoms with E-state index in [9.17, 15) is 9.59 Å². The first kappa shape index (κ1) is 20.5. The number of carbonyl (C=O) groups excluding carboxylic acids is 2. The molecule has 2 rings (SSSR count). The first-order chi connectivity index (χ1) is 13.1. The lowest BCUT2D eigenvalue weighted by molar-refractivity contribution is -0.142. The van der Waals surface area contributed by atoms with Crippen LogP contribution in [-0.2, 0) is 27.3 Å². The largest absolute Gasteiger partial charge is 0.467 e. The second-order valence-electron chi connectivity index (χ2n) is 6.17. The number of urea groups is 1. The van der Waals surface area contributed by atoms with Gasteiger partial charge in [0.2, 0.25) is 0 Å². The summed E-state index contributed by atoms with van der Waals surface area (Å²) in [4.78, 5) is 25.9. The normalized spacial score (nSPS) is 11.5. The van der Waals surface area contributed by atoms with E-state index < -0.39 is 12.0 Å². The van der Waals surface area contributed by atoms with Crippen molar-refractivity contribution in [2.45, 2.75) is 19.1 Å². The van der Waals surface area contributed by atoms with Crippen molar-refractivity contribution in [1.82, 2.24) is 10.2 Å². The molecular formula is C21H26N2O4. The highest BCUT2D eigenvalue weighted by Crippen LogP contribution is 2.05. The Morgan fingerprint density at radius 1 is 1.00 bits per heavy atom. The van der Waals surface area contributed by atoms with Crippen molar-refractivity contribution in [3.05, 3.63) is 71.8 Å². The van der Waals surface area contributed by atoms with Gasteiger partial charge in [-0.1, -0.05) is 60.7 Å². The summed E-state index contributed by atoms with van der Waals surface area (Å²) in [5.41, 5.74) is 2.03. The van der Waals surface area contributed by atoms with Gasteiger partial charge in [0.25, 0.3) is 0 Å². The van der Waals surface area contributed by atoms with Gasteiger partial charge in [-0.3, -0.25) is 0 Å². The first-order valence-corrected chi connectivity index (χ1v) is 8.85. The lowest BCUT2D eigenvalue weighted by atomic mass is 10.1. The number of benzene rings is 2. The van der Waals surface area contributed by atoms with Gasteiger partial charge < -0.3 is 19.7 Å². The number of esters is 1. The maximum Gasteiger partial charge on any atom is 0.328 e. The molecule has 0 fully saturated rings. The second kappa shape index (κ2) is 11.0. The van der Waals surface area contributed by atoms with Crippen LogP contribution in [0.15, 0.2) is 60.7 Å². The van der Waals surface area contributed by atoms with Gasteiger partial charge >= 0.3 is 12.0 Å². The van der Waals surface area contributed by atoms with Crippen LogP contribution in [-0.4, -0.2) is 50.3 Å². The Morgan fingerprint density at radius 3 is 2.19 bits per heavy atom. The van der Waals surface area contributed by atoms with Crippen LogP contribution in [0.3, 0.4) is 0 Å². The lowest BCUT2D eigenvalue weighted by Crippen LogP contribution is -2.48. The van der Waals surface area contributed by atoms with Crippen molar-refractivity contribution in [1.29, 1.82) is 0 Å². The molecule has 0 aliphatic rings. The molecule has 0 aromatic heterocycles. The predicted octanol–water partition coefficient (Wildman–Crippen LogP) is 2.63. The molecule has 0 heterocycles. The van der Waals surface area contributed by atoms with E-state index in [1.165, 1.54) is 12.0 Å². The SMILES string of the molecule is COC(=O)[C@H](Cc1ccccc1)NC(=O)N(C)CCOCc1ccccc1. The van der Waals surface area contributed by atoms with Crippen LogP contribution < -0.4 is 5.32 Å². The van der Waals surface area contributed by atoms with Gasteiger partial charge in [0.1, 0.15) is 6.04 Å². The summed E-state index contributed by atoms with van der Waals surface area (Å²) < 4.78 is 10.4. The van der Waals surface area contributed by atoms with Crippen molar-refractivity contribution in [3.8, 4) is 0 Å². The number of amides is 2. The molecule has 2 aromatic carbocycles. The molecule has 2 amide bonds. The second-order valence-corrected chi connectivity index (χ2v) is 6.17. The zero-order valence-electron chi connectivity index (χ0n) is 15.8. The van der Waals surface area contributed by atoms with E-state index in [1.54, 1.807) is 7.05 Å². The van der Waals surface area contributed by atoms with E-state index in [1.807, 2.05) is 60.7 Å². The van der Waals surface area contributed by atoms with Crippen molar-refractivity contribution in [3.63, 3.8) is 0 Å². The summed E-state index contributed by atoms with van der Waals surface area (Å²) in [6.07, 6.45) is 0.373. The van der Waals surface area contributed by atoms with Crippen molar-refractivity contribution >= 4 is 12.0 Å². The monoisotopic (exact) mass is 370 g/mol. The standard InChI is InChI=1S/C21H26N2O4/c1-23(13-14-27-16-18-11-7-4-8-12-18)21(25)22-19(20(24)26-2)15-17-9-5-3-6-10-17/h3-12,19H,13-16H2,1-2H3,(H,22,25)/t19-/m0/s1. The van der Waals surface area contributed by atoms with Crippen LogP contribution in [0.4, 0.5) is 4.79 Å². The number of hydrogen-bond donors (Lipinski definition) is 1. The fraction of sp³-hybridized carbons (Fsp3) is 0.333. The molecule has 27 heavy (non-hydrogen) atoms. The van der Waals surface area contributed by atoms with Crippen LogP contribution in [0, 0.1) is 0 Å². The molecule has 0 saturated heterocycles.